The molecule has 3 aromatic rings. The Balaban J connectivity index is 1.30. The van der Waals surface area contributed by atoms with Crippen LogP contribution in [0.5, 0.6) is 0 Å². The number of hydrogen-bond donors (Lipinski definition) is 2. The minimum atomic E-state index is -0.473. The van der Waals surface area contributed by atoms with Crippen molar-refractivity contribution in [3.8, 4) is 0 Å². The normalized spacial score (nSPS) is 13.8. The third-order valence-electron chi connectivity index (χ3n) is 6.25. The maximum absolute atomic E-state index is 13.4. The SMILES string of the molecule is Cc1cc(CNC(=O)c2cc(C(=O)NCc3ccc(C(=O)N4CCN(C)CC4)cc3)ncn2)ccc1F. The topological polar surface area (TPSA) is 108 Å². The summed E-state index contributed by atoms with van der Waals surface area (Å²) >= 11 is 0. The van der Waals surface area contributed by atoms with E-state index < -0.39 is 11.8 Å². The number of rotatable bonds is 7. The first-order valence-electron chi connectivity index (χ1n) is 12.0. The van der Waals surface area contributed by atoms with Crippen LogP contribution in [0.3, 0.4) is 0 Å². The summed E-state index contributed by atoms with van der Waals surface area (Å²) in [6.45, 7) is 5.21. The zero-order valence-electron chi connectivity index (χ0n) is 20.8. The maximum Gasteiger partial charge on any atom is 0.270 e. The van der Waals surface area contributed by atoms with E-state index in [1.165, 1.54) is 12.1 Å². The monoisotopic (exact) mass is 504 g/mol. The molecule has 0 bridgehead atoms. The molecule has 192 valence electrons. The molecule has 1 fully saturated rings. The molecule has 10 heteroatoms. The van der Waals surface area contributed by atoms with Crippen LogP contribution in [0, 0.1) is 12.7 Å². The standard InChI is InChI=1S/C27H29FN6O3/c1-18-13-20(5-8-22(18)28)16-30-26(36)24-14-23(31-17-32-24)25(35)29-15-19-3-6-21(7-4-19)27(37)34-11-9-33(2)10-12-34/h3-8,13-14,17H,9-12,15-16H2,1-2H3,(H,29,35)(H,30,36). The minimum absolute atomic E-state index is 0.00467. The van der Waals surface area contributed by atoms with Crippen molar-refractivity contribution >= 4 is 17.7 Å². The van der Waals surface area contributed by atoms with Gasteiger partial charge in [-0.1, -0.05) is 24.3 Å². The number of carbonyl (C=O) groups excluding carboxylic acids is 3. The molecule has 2 N–H and O–H groups in total. The van der Waals surface area contributed by atoms with Gasteiger partial charge in [0.05, 0.1) is 0 Å². The Morgan fingerprint density at radius 2 is 1.41 bits per heavy atom. The molecule has 37 heavy (non-hydrogen) atoms. The molecule has 4 rings (SSSR count). The van der Waals surface area contributed by atoms with E-state index in [2.05, 4.69) is 25.5 Å². The van der Waals surface area contributed by atoms with Crippen molar-refractivity contribution in [2.75, 3.05) is 33.2 Å². The molecule has 0 radical (unpaired) electrons. The number of carbonyl (C=O) groups is 3. The van der Waals surface area contributed by atoms with E-state index >= 15 is 0 Å². The van der Waals surface area contributed by atoms with E-state index in [1.807, 2.05) is 11.9 Å². The van der Waals surface area contributed by atoms with Crippen LogP contribution in [-0.4, -0.2) is 70.7 Å². The Bertz CT molecular complexity index is 1290. The van der Waals surface area contributed by atoms with Gasteiger partial charge in [-0.05, 0) is 48.9 Å². The number of piperazine rings is 1. The van der Waals surface area contributed by atoms with E-state index in [9.17, 15) is 18.8 Å². The Kier molecular flexibility index (Phi) is 8.19. The largest absolute Gasteiger partial charge is 0.347 e. The van der Waals surface area contributed by atoms with Crippen molar-refractivity contribution < 1.29 is 18.8 Å². The predicted molar refractivity (Wildman–Crippen MR) is 135 cm³/mol. The molecule has 3 amide bonds. The fourth-order valence-corrected chi connectivity index (χ4v) is 3.93. The van der Waals surface area contributed by atoms with Crippen molar-refractivity contribution in [3.63, 3.8) is 0 Å². The van der Waals surface area contributed by atoms with Crippen molar-refractivity contribution in [3.05, 3.63) is 94.3 Å². The Labute approximate surface area is 214 Å². The van der Waals surface area contributed by atoms with E-state index in [0.717, 1.165) is 30.5 Å². The van der Waals surface area contributed by atoms with Crippen molar-refractivity contribution in [1.82, 2.24) is 30.4 Å². The lowest BCUT2D eigenvalue weighted by Crippen LogP contribution is -2.47. The first-order chi connectivity index (χ1) is 17.8. The second-order valence-electron chi connectivity index (χ2n) is 9.03. The van der Waals surface area contributed by atoms with Gasteiger partial charge in [-0.25, -0.2) is 14.4 Å². The van der Waals surface area contributed by atoms with Gasteiger partial charge in [0.1, 0.15) is 23.5 Å². The average molecular weight is 505 g/mol. The van der Waals surface area contributed by atoms with Gasteiger partial charge in [0.25, 0.3) is 17.7 Å². The average Bonchev–Trinajstić information content (AvgIpc) is 2.92. The lowest BCUT2D eigenvalue weighted by atomic mass is 10.1. The maximum atomic E-state index is 13.4. The molecule has 9 nitrogen and oxygen atoms in total. The number of likely N-dealkylation sites (N-methyl/N-ethyl adjacent to an activating group) is 1. The van der Waals surface area contributed by atoms with Gasteiger partial charge in [0.15, 0.2) is 0 Å². The van der Waals surface area contributed by atoms with E-state index in [0.29, 0.717) is 24.2 Å². The van der Waals surface area contributed by atoms with Crippen LogP contribution >= 0.6 is 0 Å². The van der Waals surface area contributed by atoms with Crippen LogP contribution in [0.1, 0.15) is 48.0 Å². The summed E-state index contributed by atoms with van der Waals surface area (Å²) in [5, 5.41) is 5.48. The molecule has 1 aliphatic heterocycles. The van der Waals surface area contributed by atoms with Crippen LogP contribution in [-0.2, 0) is 13.1 Å². The van der Waals surface area contributed by atoms with E-state index in [1.54, 1.807) is 43.3 Å². The van der Waals surface area contributed by atoms with Crippen molar-refractivity contribution in [2.24, 2.45) is 0 Å². The summed E-state index contributed by atoms with van der Waals surface area (Å²) in [7, 11) is 2.04. The Morgan fingerprint density at radius 1 is 0.838 bits per heavy atom. The summed E-state index contributed by atoms with van der Waals surface area (Å²) in [5.74, 6) is -1.23. The molecule has 0 saturated carbocycles. The van der Waals surface area contributed by atoms with Crippen LogP contribution in [0.4, 0.5) is 4.39 Å². The molecule has 0 spiro atoms. The molecule has 1 saturated heterocycles. The number of halogens is 1. The molecular weight excluding hydrogens is 475 g/mol. The van der Waals surface area contributed by atoms with Crippen LogP contribution in [0.15, 0.2) is 54.9 Å². The second kappa shape index (κ2) is 11.7. The zero-order chi connectivity index (χ0) is 26.4. The summed E-state index contributed by atoms with van der Waals surface area (Å²) in [4.78, 5) is 49.8. The number of aromatic nitrogens is 2. The number of amides is 3. The van der Waals surface area contributed by atoms with Crippen LogP contribution in [0.2, 0.25) is 0 Å². The number of hydrogen-bond acceptors (Lipinski definition) is 6. The van der Waals surface area contributed by atoms with E-state index in [-0.39, 0.29) is 36.2 Å². The fourth-order valence-electron chi connectivity index (χ4n) is 3.93. The molecule has 0 aliphatic carbocycles. The lowest BCUT2D eigenvalue weighted by Gasteiger charge is -2.32. The Morgan fingerprint density at radius 3 is 2.00 bits per heavy atom. The van der Waals surface area contributed by atoms with Gasteiger partial charge in [-0.15, -0.1) is 0 Å². The van der Waals surface area contributed by atoms with Gasteiger partial charge in [0, 0.05) is 50.9 Å². The molecule has 1 aliphatic rings. The third kappa shape index (κ3) is 6.73. The van der Waals surface area contributed by atoms with Gasteiger partial charge in [0.2, 0.25) is 0 Å². The first-order valence-corrected chi connectivity index (χ1v) is 12.0. The lowest BCUT2D eigenvalue weighted by molar-refractivity contribution is 0.0663. The van der Waals surface area contributed by atoms with Gasteiger partial charge in [-0.2, -0.15) is 0 Å². The predicted octanol–water partition coefficient (Wildman–Crippen LogP) is 2.17. The highest BCUT2D eigenvalue weighted by molar-refractivity contribution is 5.97. The summed E-state index contributed by atoms with van der Waals surface area (Å²) in [5.41, 5.74) is 2.77. The highest BCUT2D eigenvalue weighted by atomic mass is 19.1. The minimum Gasteiger partial charge on any atom is -0.347 e. The molecule has 2 aromatic carbocycles. The highest BCUT2D eigenvalue weighted by Gasteiger charge is 2.20. The molecule has 0 unspecified atom stereocenters. The first kappa shape index (κ1) is 25.9. The van der Waals surface area contributed by atoms with Gasteiger partial charge < -0.3 is 20.4 Å². The number of benzene rings is 2. The van der Waals surface area contributed by atoms with Crippen molar-refractivity contribution in [1.29, 1.82) is 0 Å². The smallest absolute Gasteiger partial charge is 0.270 e. The zero-order valence-corrected chi connectivity index (χ0v) is 20.8. The molecule has 1 aromatic heterocycles. The number of nitrogens with one attached hydrogen (secondary N) is 2. The van der Waals surface area contributed by atoms with Gasteiger partial charge >= 0.3 is 0 Å². The van der Waals surface area contributed by atoms with Gasteiger partial charge in [-0.3, -0.25) is 14.4 Å². The summed E-state index contributed by atoms with van der Waals surface area (Å²) in [6.07, 6.45) is 1.16. The molecule has 0 atom stereocenters. The van der Waals surface area contributed by atoms with Crippen LogP contribution in [0.25, 0.3) is 0 Å². The van der Waals surface area contributed by atoms with Crippen LogP contribution < -0.4 is 10.6 Å². The summed E-state index contributed by atoms with van der Waals surface area (Å²) < 4.78 is 13.4. The third-order valence-corrected chi connectivity index (χ3v) is 6.25. The quantitative estimate of drug-likeness (QED) is 0.511. The number of aryl methyl sites for hydroxylation is 1. The molecular formula is C27H29FN6O3. The summed E-state index contributed by atoms with van der Waals surface area (Å²) in [6, 6.07) is 13.1. The Hall–Kier alpha value is -4.18. The van der Waals surface area contributed by atoms with Crippen molar-refractivity contribution in [2.45, 2.75) is 20.0 Å². The number of nitrogens with zero attached hydrogens (tertiary/aromatic N) is 4. The fraction of sp³-hybridized carbons (Fsp3) is 0.296. The second-order valence-corrected chi connectivity index (χ2v) is 9.03. The highest BCUT2D eigenvalue weighted by Crippen LogP contribution is 2.11. The molecule has 2 heterocycles. The van der Waals surface area contributed by atoms with E-state index in [4.69, 9.17) is 0 Å².